The van der Waals surface area contributed by atoms with Gasteiger partial charge in [0.1, 0.15) is 5.82 Å². The Bertz CT molecular complexity index is 686. The molecule has 2 aromatic carbocycles. The molecule has 0 bridgehead atoms. The van der Waals surface area contributed by atoms with Gasteiger partial charge in [0.2, 0.25) is 0 Å². The van der Waals surface area contributed by atoms with E-state index in [4.69, 9.17) is 23.2 Å². The molecule has 1 N–H and O–H groups in total. The molecule has 110 valence electrons. The maximum atomic E-state index is 13.6. The molecule has 0 saturated carbocycles. The SMILES string of the molecule is Cc1ccc(C(Cc2ccc(Cl)c(Cl)c2)C(=O)O)cc1F. The van der Waals surface area contributed by atoms with Crippen molar-refractivity contribution in [3.8, 4) is 0 Å². The van der Waals surface area contributed by atoms with E-state index in [1.54, 1.807) is 37.3 Å². The van der Waals surface area contributed by atoms with Crippen LogP contribution >= 0.6 is 23.2 Å². The number of carbonyl (C=O) groups is 1. The molecular formula is C16H13Cl2FO2. The minimum atomic E-state index is -1.01. The monoisotopic (exact) mass is 326 g/mol. The van der Waals surface area contributed by atoms with E-state index in [1.165, 1.54) is 6.07 Å². The van der Waals surface area contributed by atoms with Crippen LogP contribution in [0.25, 0.3) is 0 Å². The van der Waals surface area contributed by atoms with E-state index in [2.05, 4.69) is 0 Å². The third-order valence-corrected chi connectivity index (χ3v) is 4.06. The fourth-order valence-electron chi connectivity index (χ4n) is 2.08. The number of carboxylic acids is 1. The van der Waals surface area contributed by atoms with Crippen LogP contribution in [0.1, 0.15) is 22.6 Å². The zero-order valence-corrected chi connectivity index (χ0v) is 12.7. The standard InChI is InChI=1S/C16H13Cl2FO2/c1-9-2-4-11(8-15(9)19)12(16(20)21)6-10-3-5-13(17)14(18)7-10/h2-5,7-8,12H,6H2,1H3,(H,20,21). The zero-order chi connectivity index (χ0) is 15.6. The van der Waals surface area contributed by atoms with Gasteiger partial charge in [-0.3, -0.25) is 4.79 Å². The molecule has 1 atom stereocenters. The first-order chi connectivity index (χ1) is 9.88. The van der Waals surface area contributed by atoms with E-state index < -0.39 is 17.7 Å². The molecule has 2 nitrogen and oxygen atoms in total. The number of hydrogen-bond donors (Lipinski definition) is 1. The first-order valence-electron chi connectivity index (χ1n) is 6.31. The predicted octanol–water partition coefficient (Wildman–Crippen LogP) is 4.85. The second-order valence-electron chi connectivity index (χ2n) is 4.85. The quantitative estimate of drug-likeness (QED) is 0.871. The predicted molar refractivity (Wildman–Crippen MR) is 81.7 cm³/mol. The number of rotatable bonds is 4. The molecule has 0 aliphatic rings. The maximum Gasteiger partial charge on any atom is 0.311 e. The van der Waals surface area contributed by atoms with Crippen LogP contribution in [0.3, 0.4) is 0 Å². The number of benzene rings is 2. The van der Waals surface area contributed by atoms with Crippen molar-refractivity contribution >= 4 is 29.2 Å². The fraction of sp³-hybridized carbons (Fsp3) is 0.188. The van der Waals surface area contributed by atoms with Crippen molar-refractivity contribution in [2.24, 2.45) is 0 Å². The summed E-state index contributed by atoms with van der Waals surface area (Å²) in [7, 11) is 0. The van der Waals surface area contributed by atoms with Crippen molar-refractivity contribution in [3.05, 3.63) is 69.0 Å². The summed E-state index contributed by atoms with van der Waals surface area (Å²) in [6.45, 7) is 1.63. The Morgan fingerprint density at radius 1 is 1.19 bits per heavy atom. The molecule has 0 heterocycles. The van der Waals surface area contributed by atoms with Gasteiger partial charge in [0, 0.05) is 0 Å². The van der Waals surface area contributed by atoms with Crippen LogP contribution in [0.4, 0.5) is 4.39 Å². The highest BCUT2D eigenvalue weighted by Crippen LogP contribution is 2.27. The average molecular weight is 327 g/mol. The van der Waals surface area contributed by atoms with E-state index in [-0.39, 0.29) is 6.42 Å². The minimum absolute atomic E-state index is 0.217. The van der Waals surface area contributed by atoms with Crippen LogP contribution in [0.15, 0.2) is 36.4 Å². The van der Waals surface area contributed by atoms with E-state index in [0.717, 1.165) is 5.56 Å². The molecule has 0 aliphatic carbocycles. The van der Waals surface area contributed by atoms with Crippen molar-refractivity contribution in [2.45, 2.75) is 19.3 Å². The summed E-state index contributed by atoms with van der Waals surface area (Å²) in [5.41, 5.74) is 1.65. The van der Waals surface area contributed by atoms with Gasteiger partial charge in [0.25, 0.3) is 0 Å². The van der Waals surface area contributed by atoms with Crippen LogP contribution in [0, 0.1) is 12.7 Å². The molecule has 0 spiro atoms. The highest BCUT2D eigenvalue weighted by atomic mass is 35.5. The van der Waals surface area contributed by atoms with E-state index in [1.807, 2.05) is 0 Å². The third-order valence-electron chi connectivity index (χ3n) is 3.32. The lowest BCUT2D eigenvalue weighted by molar-refractivity contribution is -0.138. The molecule has 0 amide bonds. The Labute approximate surface area is 132 Å². The molecule has 0 radical (unpaired) electrons. The Morgan fingerprint density at radius 3 is 2.48 bits per heavy atom. The number of halogens is 3. The molecule has 5 heteroatoms. The van der Waals surface area contributed by atoms with Gasteiger partial charge >= 0.3 is 5.97 Å². The largest absolute Gasteiger partial charge is 0.481 e. The topological polar surface area (TPSA) is 37.3 Å². The summed E-state index contributed by atoms with van der Waals surface area (Å²) in [5, 5.41) is 10.2. The van der Waals surface area contributed by atoms with Crippen molar-refractivity contribution in [3.63, 3.8) is 0 Å². The lowest BCUT2D eigenvalue weighted by Crippen LogP contribution is -2.15. The van der Waals surface area contributed by atoms with Crippen LogP contribution in [0.5, 0.6) is 0 Å². The smallest absolute Gasteiger partial charge is 0.311 e. The molecule has 2 aromatic rings. The lowest BCUT2D eigenvalue weighted by Gasteiger charge is -2.14. The van der Waals surface area contributed by atoms with Crippen LogP contribution in [-0.2, 0) is 11.2 Å². The third kappa shape index (κ3) is 3.74. The zero-order valence-electron chi connectivity index (χ0n) is 11.2. The van der Waals surface area contributed by atoms with Gasteiger partial charge in [-0.15, -0.1) is 0 Å². The van der Waals surface area contributed by atoms with Crippen LogP contribution in [-0.4, -0.2) is 11.1 Å². The maximum absolute atomic E-state index is 13.6. The molecule has 21 heavy (non-hydrogen) atoms. The highest BCUT2D eigenvalue weighted by molar-refractivity contribution is 6.42. The van der Waals surface area contributed by atoms with Gasteiger partial charge in [0.05, 0.1) is 16.0 Å². The first kappa shape index (κ1) is 15.8. The van der Waals surface area contributed by atoms with Crippen molar-refractivity contribution in [1.82, 2.24) is 0 Å². The number of carboxylic acid groups (broad SMARTS) is 1. The fourth-order valence-corrected chi connectivity index (χ4v) is 2.40. The molecule has 1 unspecified atom stereocenters. The van der Waals surface area contributed by atoms with Gasteiger partial charge < -0.3 is 5.11 Å². The number of hydrogen-bond acceptors (Lipinski definition) is 1. The van der Waals surface area contributed by atoms with Gasteiger partial charge in [-0.05, 0) is 48.2 Å². The van der Waals surface area contributed by atoms with Gasteiger partial charge in [-0.2, -0.15) is 0 Å². The van der Waals surface area contributed by atoms with Crippen LogP contribution < -0.4 is 0 Å². The normalized spacial score (nSPS) is 12.2. The van der Waals surface area contributed by atoms with Crippen molar-refractivity contribution in [2.75, 3.05) is 0 Å². The van der Waals surface area contributed by atoms with Gasteiger partial charge in [-0.1, -0.05) is 41.4 Å². The van der Waals surface area contributed by atoms with Gasteiger partial charge in [-0.25, -0.2) is 4.39 Å². The van der Waals surface area contributed by atoms with Crippen molar-refractivity contribution in [1.29, 1.82) is 0 Å². The number of aryl methyl sites for hydroxylation is 1. The van der Waals surface area contributed by atoms with Crippen LogP contribution in [0.2, 0.25) is 10.0 Å². The van der Waals surface area contributed by atoms with E-state index in [0.29, 0.717) is 21.2 Å². The molecule has 0 fully saturated rings. The second kappa shape index (κ2) is 6.46. The highest BCUT2D eigenvalue weighted by Gasteiger charge is 2.21. The summed E-state index contributed by atoms with van der Waals surface area (Å²) >= 11 is 11.8. The molecule has 0 aliphatic heterocycles. The second-order valence-corrected chi connectivity index (χ2v) is 5.67. The summed E-state index contributed by atoms with van der Waals surface area (Å²) in [6, 6.07) is 9.45. The Hall–Kier alpha value is -1.58. The van der Waals surface area contributed by atoms with Gasteiger partial charge in [0.15, 0.2) is 0 Å². The molecule has 0 saturated heterocycles. The lowest BCUT2D eigenvalue weighted by atomic mass is 9.91. The molecule has 2 rings (SSSR count). The average Bonchev–Trinajstić information content (AvgIpc) is 2.43. The summed E-state index contributed by atoms with van der Waals surface area (Å²) in [5.74, 6) is -2.26. The molecule has 0 aromatic heterocycles. The van der Waals surface area contributed by atoms with E-state index in [9.17, 15) is 14.3 Å². The summed E-state index contributed by atoms with van der Waals surface area (Å²) in [4.78, 5) is 11.5. The Balaban J connectivity index is 2.32. The summed E-state index contributed by atoms with van der Waals surface area (Å²) < 4.78 is 13.6. The van der Waals surface area contributed by atoms with Crippen molar-refractivity contribution < 1.29 is 14.3 Å². The first-order valence-corrected chi connectivity index (χ1v) is 7.07. The summed E-state index contributed by atoms with van der Waals surface area (Å²) in [6.07, 6.45) is 0.217. The molecular weight excluding hydrogens is 314 g/mol. The number of aliphatic carboxylic acids is 1. The Morgan fingerprint density at radius 2 is 1.90 bits per heavy atom. The Kier molecular flexibility index (Phi) is 4.86. The minimum Gasteiger partial charge on any atom is -0.481 e. The van der Waals surface area contributed by atoms with E-state index >= 15 is 0 Å².